The molecule has 4 aliphatic rings. The molecule has 1 fully saturated rings. The van der Waals surface area contributed by atoms with Gasteiger partial charge in [0.2, 0.25) is 11.8 Å². The number of carbonyl (C=O) groups is 2. The fourth-order valence-corrected chi connectivity index (χ4v) is 6.64. The standard InChI is InChI=1S/C26H19FN2O4/c1-25-15-7-3-5-9-17(15)26(2,18-10-6-4-8-16(18)25)22-21(25)23(30)28(24(22)31)19-12-11-14(27)13-20(19)29(32)33/h3-13,21-22H,1-2H3/t21-,22+,25?,26?. The van der Waals surface area contributed by atoms with Gasteiger partial charge in [-0.1, -0.05) is 62.4 Å². The zero-order chi connectivity index (χ0) is 23.3. The molecule has 0 radical (unpaired) electrons. The van der Waals surface area contributed by atoms with E-state index in [4.69, 9.17) is 0 Å². The normalized spacial score (nSPS) is 29.0. The van der Waals surface area contributed by atoms with Crippen molar-refractivity contribution in [1.29, 1.82) is 0 Å². The molecule has 6 nitrogen and oxygen atoms in total. The minimum absolute atomic E-state index is 0.189. The van der Waals surface area contributed by atoms with Crippen LogP contribution < -0.4 is 4.90 Å². The van der Waals surface area contributed by atoms with Crippen LogP contribution in [0.3, 0.4) is 0 Å². The van der Waals surface area contributed by atoms with Gasteiger partial charge in [-0.15, -0.1) is 0 Å². The maximum Gasteiger partial charge on any atom is 0.296 e. The molecule has 1 heterocycles. The Morgan fingerprint density at radius 3 is 1.64 bits per heavy atom. The summed E-state index contributed by atoms with van der Waals surface area (Å²) < 4.78 is 13.8. The summed E-state index contributed by atoms with van der Waals surface area (Å²) in [6.07, 6.45) is 0. The SMILES string of the molecule is CC12c3ccccc3C(C)(c3ccccc31)[C@H]1C(=O)N(c3ccc(F)cc3[N+](=O)[O-])C(=O)[C@H]12. The molecule has 3 aromatic rings. The van der Waals surface area contributed by atoms with Gasteiger partial charge >= 0.3 is 0 Å². The summed E-state index contributed by atoms with van der Waals surface area (Å²) in [5.74, 6) is -3.25. The zero-order valence-electron chi connectivity index (χ0n) is 17.9. The fraction of sp³-hybridized carbons (Fsp3) is 0.231. The van der Waals surface area contributed by atoms with E-state index in [0.717, 1.165) is 45.4 Å². The van der Waals surface area contributed by atoms with Gasteiger partial charge in [0.05, 0.1) is 22.8 Å². The number of rotatable bonds is 2. The summed E-state index contributed by atoms with van der Waals surface area (Å²) in [4.78, 5) is 39.7. The Hall–Kier alpha value is -3.87. The van der Waals surface area contributed by atoms with E-state index in [1.807, 2.05) is 62.4 Å². The van der Waals surface area contributed by atoms with E-state index < -0.39 is 50.9 Å². The molecule has 164 valence electrons. The lowest BCUT2D eigenvalue weighted by Gasteiger charge is -2.57. The van der Waals surface area contributed by atoms with Crippen molar-refractivity contribution >= 4 is 23.2 Å². The van der Waals surface area contributed by atoms with E-state index in [0.29, 0.717) is 0 Å². The Labute approximate surface area is 188 Å². The number of nitro groups is 1. The van der Waals surface area contributed by atoms with E-state index >= 15 is 0 Å². The molecule has 1 aliphatic heterocycles. The number of imide groups is 1. The summed E-state index contributed by atoms with van der Waals surface area (Å²) >= 11 is 0. The van der Waals surface area contributed by atoms with Gasteiger partial charge in [0, 0.05) is 10.8 Å². The highest BCUT2D eigenvalue weighted by atomic mass is 19.1. The Morgan fingerprint density at radius 1 is 0.818 bits per heavy atom. The Kier molecular flexibility index (Phi) is 3.67. The second-order valence-electron chi connectivity index (χ2n) is 9.35. The molecule has 3 aliphatic carbocycles. The molecule has 1 saturated heterocycles. The molecule has 7 rings (SSSR count). The number of benzene rings is 3. The molecule has 3 aromatic carbocycles. The van der Waals surface area contributed by atoms with Crippen LogP contribution in [0.5, 0.6) is 0 Å². The average Bonchev–Trinajstić information content (AvgIpc) is 3.08. The van der Waals surface area contributed by atoms with Crippen molar-refractivity contribution in [3.8, 4) is 0 Å². The first-order chi connectivity index (χ1) is 15.7. The van der Waals surface area contributed by atoms with Crippen LogP contribution in [0.25, 0.3) is 0 Å². The van der Waals surface area contributed by atoms with Gasteiger partial charge in [0.15, 0.2) is 0 Å². The highest BCUT2D eigenvalue weighted by molar-refractivity contribution is 6.25. The third-order valence-corrected chi connectivity index (χ3v) is 8.02. The van der Waals surface area contributed by atoms with Crippen LogP contribution in [0, 0.1) is 27.8 Å². The highest BCUT2D eigenvalue weighted by Crippen LogP contribution is 2.66. The first-order valence-electron chi connectivity index (χ1n) is 10.7. The van der Waals surface area contributed by atoms with Gasteiger partial charge in [0.1, 0.15) is 11.5 Å². The van der Waals surface area contributed by atoms with E-state index in [-0.39, 0.29) is 5.69 Å². The van der Waals surface area contributed by atoms with Gasteiger partial charge in [0.25, 0.3) is 5.69 Å². The zero-order valence-corrected chi connectivity index (χ0v) is 17.9. The Morgan fingerprint density at radius 2 is 1.24 bits per heavy atom. The van der Waals surface area contributed by atoms with Crippen molar-refractivity contribution < 1.29 is 18.9 Å². The molecule has 0 N–H and O–H groups in total. The molecule has 7 heteroatoms. The molecule has 0 unspecified atom stereocenters. The molecule has 2 atom stereocenters. The maximum absolute atomic E-state index is 14.0. The van der Waals surface area contributed by atoms with E-state index in [1.165, 1.54) is 0 Å². The van der Waals surface area contributed by atoms with Gasteiger partial charge < -0.3 is 0 Å². The molecule has 0 spiro atoms. The smallest absolute Gasteiger partial charge is 0.274 e. The minimum Gasteiger partial charge on any atom is -0.274 e. The van der Waals surface area contributed by atoms with Crippen LogP contribution in [0.1, 0.15) is 36.1 Å². The number of hydrogen-bond acceptors (Lipinski definition) is 4. The van der Waals surface area contributed by atoms with Crippen LogP contribution in [0.15, 0.2) is 66.7 Å². The Balaban J connectivity index is 1.65. The lowest BCUT2D eigenvalue weighted by atomic mass is 9.42. The van der Waals surface area contributed by atoms with Crippen molar-refractivity contribution in [2.75, 3.05) is 4.90 Å². The summed E-state index contributed by atoms with van der Waals surface area (Å²) in [6, 6.07) is 18.6. The predicted octanol–water partition coefficient (Wildman–Crippen LogP) is 4.48. The third-order valence-electron chi connectivity index (χ3n) is 8.02. The molecule has 33 heavy (non-hydrogen) atoms. The summed E-state index contributed by atoms with van der Waals surface area (Å²) in [5.41, 5.74) is 1.59. The lowest BCUT2D eigenvalue weighted by Crippen LogP contribution is -2.59. The largest absolute Gasteiger partial charge is 0.296 e. The quantitative estimate of drug-likeness (QED) is 0.333. The molecule has 0 saturated carbocycles. The maximum atomic E-state index is 14.0. The van der Waals surface area contributed by atoms with Gasteiger partial charge in [-0.25, -0.2) is 9.29 Å². The number of hydrogen-bond donors (Lipinski definition) is 0. The average molecular weight is 442 g/mol. The fourth-order valence-electron chi connectivity index (χ4n) is 6.64. The van der Waals surface area contributed by atoms with Crippen molar-refractivity contribution in [2.24, 2.45) is 11.8 Å². The van der Waals surface area contributed by atoms with E-state index in [2.05, 4.69) is 0 Å². The van der Waals surface area contributed by atoms with Gasteiger partial charge in [-0.3, -0.25) is 19.7 Å². The number of nitro benzene ring substituents is 1. The highest BCUT2D eigenvalue weighted by Gasteiger charge is 2.71. The van der Waals surface area contributed by atoms with Gasteiger partial charge in [-0.05, 0) is 34.4 Å². The van der Waals surface area contributed by atoms with Crippen LogP contribution in [-0.4, -0.2) is 16.7 Å². The van der Waals surface area contributed by atoms with E-state index in [1.54, 1.807) is 0 Å². The lowest BCUT2D eigenvalue weighted by molar-refractivity contribution is -0.384. The third kappa shape index (κ3) is 2.12. The molecule has 2 amide bonds. The molecule has 2 bridgehead atoms. The number of carbonyl (C=O) groups excluding carboxylic acids is 2. The van der Waals surface area contributed by atoms with Crippen LogP contribution in [0.2, 0.25) is 0 Å². The first kappa shape index (κ1) is 19.8. The van der Waals surface area contributed by atoms with E-state index in [9.17, 15) is 24.1 Å². The number of anilines is 1. The number of nitrogens with zero attached hydrogens (tertiary/aromatic N) is 2. The first-order valence-corrected chi connectivity index (χ1v) is 10.7. The van der Waals surface area contributed by atoms with Crippen LogP contribution >= 0.6 is 0 Å². The topological polar surface area (TPSA) is 80.5 Å². The molecular weight excluding hydrogens is 423 g/mol. The number of halogens is 1. The summed E-state index contributed by atoms with van der Waals surface area (Å²) in [7, 11) is 0. The second-order valence-corrected chi connectivity index (χ2v) is 9.35. The van der Waals surface area contributed by atoms with Crippen LogP contribution in [0.4, 0.5) is 15.8 Å². The summed E-state index contributed by atoms with van der Waals surface area (Å²) in [6.45, 7) is 3.96. The number of amides is 2. The van der Waals surface area contributed by atoms with Crippen molar-refractivity contribution in [3.63, 3.8) is 0 Å². The summed E-state index contributed by atoms with van der Waals surface area (Å²) in [5, 5.41) is 11.7. The minimum atomic E-state index is -0.805. The Bertz CT molecular complexity index is 1290. The second kappa shape index (κ2) is 6.13. The van der Waals surface area contributed by atoms with Crippen molar-refractivity contribution in [1.82, 2.24) is 0 Å². The van der Waals surface area contributed by atoms with Crippen molar-refractivity contribution in [2.45, 2.75) is 24.7 Å². The van der Waals surface area contributed by atoms with Crippen LogP contribution in [-0.2, 0) is 20.4 Å². The van der Waals surface area contributed by atoms with Gasteiger partial charge in [-0.2, -0.15) is 0 Å². The molecule has 0 aromatic heterocycles. The molecular formula is C26H19FN2O4. The predicted molar refractivity (Wildman–Crippen MR) is 118 cm³/mol. The monoisotopic (exact) mass is 442 g/mol. The van der Waals surface area contributed by atoms with Crippen molar-refractivity contribution in [3.05, 3.63) is 105 Å².